The molecule has 0 fully saturated rings. The SMILES string of the molecule is CCN(CC)C(=O)CNc1ncc(C(=O)OC)s1. The summed E-state index contributed by atoms with van der Waals surface area (Å²) >= 11 is 1.17. The summed E-state index contributed by atoms with van der Waals surface area (Å²) in [6, 6.07) is 0. The zero-order valence-corrected chi connectivity index (χ0v) is 11.5. The number of aromatic nitrogens is 1. The molecule has 6 nitrogen and oxygen atoms in total. The molecular formula is C11H17N3O3S. The number of rotatable bonds is 6. The van der Waals surface area contributed by atoms with Gasteiger partial charge in [-0.3, -0.25) is 4.79 Å². The summed E-state index contributed by atoms with van der Waals surface area (Å²) in [6.45, 7) is 5.40. The van der Waals surface area contributed by atoms with E-state index in [1.165, 1.54) is 24.6 Å². The molecule has 0 saturated carbocycles. The van der Waals surface area contributed by atoms with Gasteiger partial charge in [0.05, 0.1) is 19.9 Å². The fraction of sp³-hybridized carbons (Fsp3) is 0.545. The zero-order valence-electron chi connectivity index (χ0n) is 10.7. The van der Waals surface area contributed by atoms with Crippen LogP contribution < -0.4 is 5.32 Å². The van der Waals surface area contributed by atoms with E-state index in [1.807, 2.05) is 13.8 Å². The van der Waals surface area contributed by atoms with Gasteiger partial charge in [0, 0.05) is 13.1 Å². The Hall–Kier alpha value is -1.63. The number of anilines is 1. The van der Waals surface area contributed by atoms with Gasteiger partial charge < -0.3 is 15.0 Å². The number of thiazole rings is 1. The molecule has 1 rings (SSSR count). The Morgan fingerprint density at radius 3 is 2.67 bits per heavy atom. The minimum absolute atomic E-state index is 0.00909. The Kier molecular flexibility index (Phi) is 5.57. The van der Waals surface area contributed by atoms with Crippen molar-refractivity contribution in [3.63, 3.8) is 0 Å². The van der Waals surface area contributed by atoms with Gasteiger partial charge in [-0.1, -0.05) is 11.3 Å². The summed E-state index contributed by atoms with van der Waals surface area (Å²) in [5.74, 6) is -0.412. The van der Waals surface area contributed by atoms with E-state index in [2.05, 4.69) is 15.0 Å². The Bertz CT molecular complexity index is 415. The van der Waals surface area contributed by atoms with E-state index >= 15 is 0 Å². The number of hydrogen-bond acceptors (Lipinski definition) is 6. The van der Waals surface area contributed by atoms with Crippen LogP contribution in [0.1, 0.15) is 23.5 Å². The smallest absolute Gasteiger partial charge is 0.349 e. The first-order valence-corrected chi connectivity index (χ1v) is 6.49. The zero-order chi connectivity index (χ0) is 13.5. The third kappa shape index (κ3) is 3.69. The number of likely N-dealkylation sites (N-methyl/N-ethyl adjacent to an activating group) is 1. The van der Waals surface area contributed by atoms with E-state index < -0.39 is 5.97 Å². The maximum absolute atomic E-state index is 11.7. The van der Waals surface area contributed by atoms with E-state index in [1.54, 1.807) is 4.90 Å². The van der Waals surface area contributed by atoms with Crippen molar-refractivity contribution in [2.45, 2.75) is 13.8 Å². The summed E-state index contributed by atoms with van der Waals surface area (Å²) in [6.07, 6.45) is 1.43. The summed E-state index contributed by atoms with van der Waals surface area (Å²) < 4.78 is 4.58. The monoisotopic (exact) mass is 271 g/mol. The van der Waals surface area contributed by atoms with Crippen LogP contribution in [0.2, 0.25) is 0 Å². The van der Waals surface area contributed by atoms with Gasteiger partial charge in [0.25, 0.3) is 0 Å². The summed E-state index contributed by atoms with van der Waals surface area (Å²) in [5, 5.41) is 3.44. The molecule has 1 amide bonds. The second-order valence-electron chi connectivity index (χ2n) is 3.44. The van der Waals surface area contributed by atoms with Crippen LogP contribution in [0.25, 0.3) is 0 Å². The molecule has 0 atom stereocenters. The predicted octanol–water partition coefficient (Wildman–Crippen LogP) is 1.21. The first-order valence-electron chi connectivity index (χ1n) is 5.68. The van der Waals surface area contributed by atoms with Gasteiger partial charge >= 0.3 is 5.97 Å². The van der Waals surface area contributed by atoms with Crippen LogP contribution in [0.4, 0.5) is 5.13 Å². The number of ether oxygens (including phenoxy) is 1. The highest BCUT2D eigenvalue weighted by molar-refractivity contribution is 7.17. The number of nitrogens with zero attached hydrogens (tertiary/aromatic N) is 2. The Morgan fingerprint density at radius 1 is 1.44 bits per heavy atom. The number of methoxy groups -OCH3 is 1. The molecule has 0 spiro atoms. The highest BCUT2D eigenvalue weighted by Crippen LogP contribution is 2.18. The summed E-state index contributed by atoms with van der Waals surface area (Å²) in [7, 11) is 1.32. The number of nitrogens with one attached hydrogen (secondary N) is 1. The van der Waals surface area contributed by atoms with Crippen molar-refractivity contribution in [3.8, 4) is 0 Å². The average Bonchev–Trinajstić information content (AvgIpc) is 2.85. The molecule has 1 aromatic rings. The molecule has 0 unspecified atom stereocenters. The van der Waals surface area contributed by atoms with Crippen LogP contribution in [0.3, 0.4) is 0 Å². The minimum atomic E-state index is -0.421. The van der Waals surface area contributed by atoms with Gasteiger partial charge in [0.15, 0.2) is 5.13 Å². The maximum atomic E-state index is 11.7. The molecule has 100 valence electrons. The van der Waals surface area contributed by atoms with Crippen LogP contribution >= 0.6 is 11.3 Å². The van der Waals surface area contributed by atoms with E-state index in [0.717, 1.165) is 0 Å². The third-order valence-electron chi connectivity index (χ3n) is 2.40. The Balaban J connectivity index is 2.51. The molecular weight excluding hydrogens is 254 g/mol. The minimum Gasteiger partial charge on any atom is -0.465 e. The molecule has 1 N–H and O–H groups in total. The Labute approximate surface area is 110 Å². The van der Waals surface area contributed by atoms with Crippen molar-refractivity contribution in [3.05, 3.63) is 11.1 Å². The van der Waals surface area contributed by atoms with Crippen molar-refractivity contribution in [2.24, 2.45) is 0 Å². The largest absolute Gasteiger partial charge is 0.465 e. The lowest BCUT2D eigenvalue weighted by Crippen LogP contribution is -2.35. The number of hydrogen-bond donors (Lipinski definition) is 1. The first kappa shape index (κ1) is 14.4. The molecule has 18 heavy (non-hydrogen) atoms. The van der Waals surface area contributed by atoms with Gasteiger partial charge in [-0.05, 0) is 13.8 Å². The van der Waals surface area contributed by atoms with Crippen molar-refractivity contribution in [2.75, 3.05) is 32.1 Å². The molecule has 0 aliphatic rings. The summed E-state index contributed by atoms with van der Waals surface area (Å²) in [5.41, 5.74) is 0. The van der Waals surface area contributed by atoms with Crippen LogP contribution in [0, 0.1) is 0 Å². The fourth-order valence-corrected chi connectivity index (χ4v) is 2.12. The van der Waals surface area contributed by atoms with Crippen LogP contribution in [0.5, 0.6) is 0 Å². The van der Waals surface area contributed by atoms with Crippen molar-refractivity contribution < 1.29 is 14.3 Å². The number of amides is 1. The van der Waals surface area contributed by atoms with Crippen molar-refractivity contribution >= 4 is 28.3 Å². The van der Waals surface area contributed by atoms with Gasteiger partial charge in [0.1, 0.15) is 4.88 Å². The molecule has 1 aromatic heterocycles. The molecule has 0 aromatic carbocycles. The standard InChI is InChI=1S/C11H17N3O3S/c1-4-14(5-2)9(15)7-13-11-12-6-8(18-11)10(16)17-3/h6H,4-5,7H2,1-3H3,(H,12,13). The topological polar surface area (TPSA) is 71.5 Å². The molecule has 0 saturated heterocycles. The molecule has 0 aliphatic carbocycles. The van der Waals surface area contributed by atoms with Crippen LogP contribution in [-0.4, -0.2) is 48.5 Å². The lowest BCUT2D eigenvalue weighted by atomic mass is 10.4. The highest BCUT2D eigenvalue weighted by Gasteiger charge is 2.12. The molecule has 7 heteroatoms. The van der Waals surface area contributed by atoms with Crippen LogP contribution in [-0.2, 0) is 9.53 Å². The van der Waals surface area contributed by atoms with Crippen molar-refractivity contribution in [1.29, 1.82) is 0 Å². The fourth-order valence-electron chi connectivity index (χ4n) is 1.39. The first-order chi connectivity index (χ1) is 8.62. The molecule has 0 bridgehead atoms. The average molecular weight is 271 g/mol. The van der Waals surface area contributed by atoms with Gasteiger partial charge in [0.2, 0.25) is 5.91 Å². The number of esters is 1. The lowest BCUT2D eigenvalue weighted by Gasteiger charge is -2.18. The molecule has 1 heterocycles. The summed E-state index contributed by atoms with van der Waals surface area (Å²) in [4.78, 5) is 29.1. The molecule has 0 radical (unpaired) electrons. The van der Waals surface area contributed by atoms with E-state index in [-0.39, 0.29) is 12.5 Å². The van der Waals surface area contributed by atoms with E-state index in [0.29, 0.717) is 23.1 Å². The number of carbonyl (C=O) groups is 2. The van der Waals surface area contributed by atoms with Gasteiger partial charge in [-0.2, -0.15) is 0 Å². The van der Waals surface area contributed by atoms with Crippen molar-refractivity contribution in [1.82, 2.24) is 9.88 Å². The van der Waals surface area contributed by atoms with Gasteiger partial charge in [-0.25, -0.2) is 9.78 Å². The molecule has 0 aliphatic heterocycles. The van der Waals surface area contributed by atoms with E-state index in [9.17, 15) is 9.59 Å². The van der Waals surface area contributed by atoms with Crippen LogP contribution in [0.15, 0.2) is 6.20 Å². The predicted molar refractivity (Wildman–Crippen MR) is 69.9 cm³/mol. The van der Waals surface area contributed by atoms with Gasteiger partial charge in [-0.15, -0.1) is 0 Å². The lowest BCUT2D eigenvalue weighted by molar-refractivity contribution is -0.128. The number of carbonyl (C=O) groups excluding carboxylic acids is 2. The third-order valence-corrected chi connectivity index (χ3v) is 3.33. The second-order valence-corrected chi connectivity index (χ2v) is 4.47. The quantitative estimate of drug-likeness (QED) is 0.787. The second kappa shape index (κ2) is 6.95. The highest BCUT2D eigenvalue weighted by atomic mass is 32.1. The van der Waals surface area contributed by atoms with E-state index in [4.69, 9.17) is 0 Å². The Morgan fingerprint density at radius 2 is 2.11 bits per heavy atom. The normalized spacial score (nSPS) is 9.94. The maximum Gasteiger partial charge on any atom is 0.349 e.